The van der Waals surface area contributed by atoms with Crippen LogP contribution in [0.15, 0.2) is 24.3 Å². The first-order chi connectivity index (χ1) is 10.3. The maximum absolute atomic E-state index is 11.9. The van der Waals surface area contributed by atoms with Gasteiger partial charge in [-0.1, -0.05) is 31.6 Å². The fourth-order valence-corrected chi connectivity index (χ4v) is 3.41. The molecule has 22 heavy (non-hydrogen) atoms. The average molecular weight is 303 g/mol. The Morgan fingerprint density at radius 1 is 1.41 bits per heavy atom. The zero-order valence-corrected chi connectivity index (χ0v) is 14.0. The van der Waals surface area contributed by atoms with E-state index in [1.807, 2.05) is 30.0 Å². The summed E-state index contributed by atoms with van der Waals surface area (Å²) < 4.78 is 5.53. The third-order valence-electron chi connectivity index (χ3n) is 4.23. The molecule has 1 aromatic rings. The highest BCUT2D eigenvalue weighted by molar-refractivity contribution is 5.89. The molecule has 0 saturated carbocycles. The number of nitrogens with zero attached hydrogens (tertiary/aromatic N) is 1. The monoisotopic (exact) mass is 303 g/mol. The molecule has 4 heteroatoms. The SMILES string of the molecule is CCC[C@H](C(=O)O)N1c2c(OC)cccc2C(C)=CC1(C)C. The van der Waals surface area contributed by atoms with Gasteiger partial charge in [-0.3, -0.25) is 0 Å². The lowest BCUT2D eigenvalue weighted by atomic mass is 9.86. The molecule has 1 N–H and O–H groups in total. The van der Waals surface area contributed by atoms with Crippen LogP contribution in [-0.2, 0) is 4.79 Å². The van der Waals surface area contributed by atoms with Crippen molar-refractivity contribution in [3.05, 3.63) is 29.8 Å². The third kappa shape index (κ3) is 2.70. The summed E-state index contributed by atoms with van der Waals surface area (Å²) in [6, 6.07) is 5.29. The molecule has 120 valence electrons. The van der Waals surface area contributed by atoms with E-state index in [0.717, 1.165) is 29.0 Å². The van der Waals surface area contributed by atoms with Gasteiger partial charge in [0.1, 0.15) is 11.8 Å². The van der Waals surface area contributed by atoms with Crippen molar-refractivity contribution in [3.8, 4) is 5.75 Å². The minimum atomic E-state index is -0.792. The van der Waals surface area contributed by atoms with Gasteiger partial charge < -0.3 is 14.7 Å². The Morgan fingerprint density at radius 3 is 2.64 bits per heavy atom. The predicted octanol–water partition coefficient (Wildman–Crippen LogP) is 3.95. The molecule has 0 spiro atoms. The van der Waals surface area contributed by atoms with Gasteiger partial charge in [0.25, 0.3) is 0 Å². The highest BCUT2D eigenvalue weighted by Gasteiger charge is 2.40. The number of benzene rings is 1. The topological polar surface area (TPSA) is 49.8 Å². The van der Waals surface area contributed by atoms with Gasteiger partial charge in [0.05, 0.1) is 18.3 Å². The molecule has 1 heterocycles. The van der Waals surface area contributed by atoms with E-state index in [-0.39, 0.29) is 5.54 Å². The van der Waals surface area contributed by atoms with Gasteiger partial charge >= 0.3 is 5.97 Å². The van der Waals surface area contributed by atoms with Crippen LogP contribution in [0.1, 0.15) is 46.1 Å². The minimum absolute atomic E-state index is 0.385. The first kappa shape index (κ1) is 16.4. The summed E-state index contributed by atoms with van der Waals surface area (Å²) >= 11 is 0. The number of carbonyl (C=O) groups is 1. The van der Waals surface area contributed by atoms with Crippen LogP contribution in [0.4, 0.5) is 5.69 Å². The van der Waals surface area contributed by atoms with Crippen LogP contribution in [0, 0.1) is 0 Å². The van der Waals surface area contributed by atoms with Crippen molar-refractivity contribution in [2.24, 2.45) is 0 Å². The van der Waals surface area contributed by atoms with Crippen LogP contribution in [0.25, 0.3) is 5.57 Å². The number of hydrogen-bond donors (Lipinski definition) is 1. The molecule has 0 fully saturated rings. The van der Waals surface area contributed by atoms with Gasteiger partial charge in [-0.15, -0.1) is 0 Å². The molecule has 4 nitrogen and oxygen atoms in total. The minimum Gasteiger partial charge on any atom is -0.495 e. The van der Waals surface area contributed by atoms with Gasteiger partial charge in [0.15, 0.2) is 0 Å². The van der Waals surface area contributed by atoms with Gasteiger partial charge in [-0.2, -0.15) is 0 Å². The maximum Gasteiger partial charge on any atom is 0.326 e. The second-order valence-electron chi connectivity index (χ2n) is 6.35. The van der Waals surface area contributed by atoms with Crippen LogP contribution >= 0.6 is 0 Å². The van der Waals surface area contributed by atoms with Crippen molar-refractivity contribution in [1.29, 1.82) is 0 Å². The van der Waals surface area contributed by atoms with E-state index in [1.54, 1.807) is 7.11 Å². The number of carboxylic acids is 1. The number of anilines is 1. The maximum atomic E-state index is 11.9. The molecule has 0 unspecified atom stereocenters. The summed E-state index contributed by atoms with van der Waals surface area (Å²) in [4.78, 5) is 13.9. The van der Waals surface area contributed by atoms with Gasteiger partial charge in [-0.05, 0) is 38.8 Å². The molecule has 0 bridgehead atoms. The Hall–Kier alpha value is -1.97. The zero-order chi connectivity index (χ0) is 16.5. The van der Waals surface area contributed by atoms with Gasteiger partial charge in [-0.25, -0.2) is 4.79 Å². The Morgan fingerprint density at radius 2 is 2.09 bits per heavy atom. The fourth-order valence-electron chi connectivity index (χ4n) is 3.41. The normalized spacial score (nSPS) is 17.5. The van der Waals surface area contributed by atoms with E-state index >= 15 is 0 Å². The van der Waals surface area contributed by atoms with E-state index in [1.165, 1.54) is 0 Å². The largest absolute Gasteiger partial charge is 0.495 e. The lowest BCUT2D eigenvalue weighted by Crippen LogP contribution is -2.54. The summed E-state index contributed by atoms with van der Waals surface area (Å²) in [6.45, 7) is 8.18. The van der Waals surface area contributed by atoms with Crippen LogP contribution in [0.5, 0.6) is 5.75 Å². The summed E-state index contributed by atoms with van der Waals surface area (Å²) in [5.74, 6) is -0.0693. The molecule has 0 aliphatic carbocycles. The molecular formula is C18H25NO3. The lowest BCUT2D eigenvalue weighted by Gasteiger charge is -2.46. The number of fused-ring (bicyclic) bond motifs is 1. The van der Waals surface area contributed by atoms with Crippen LogP contribution in [-0.4, -0.2) is 29.8 Å². The molecular weight excluding hydrogens is 278 g/mol. The van der Waals surface area contributed by atoms with Crippen LogP contribution in [0.3, 0.4) is 0 Å². The number of ether oxygens (including phenoxy) is 1. The number of para-hydroxylation sites is 1. The Balaban J connectivity index is 2.69. The second kappa shape index (κ2) is 6.03. The highest BCUT2D eigenvalue weighted by atomic mass is 16.5. The smallest absolute Gasteiger partial charge is 0.326 e. The van der Waals surface area contributed by atoms with E-state index in [0.29, 0.717) is 6.42 Å². The molecule has 0 radical (unpaired) electrons. The molecule has 1 aliphatic rings. The van der Waals surface area contributed by atoms with E-state index < -0.39 is 12.0 Å². The van der Waals surface area contributed by atoms with Crippen LogP contribution in [0.2, 0.25) is 0 Å². The number of aliphatic carboxylic acids is 1. The fraction of sp³-hybridized carbons (Fsp3) is 0.500. The number of hydrogen-bond acceptors (Lipinski definition) is 3. The van der Waals surface area contributed by atoms with Crippen molar-refractivity contribution in [3.63, 3.8) is 0 Å². The molecule has 0 aromatic heterocycles. The molecule has 1 aliphatic heterocycles. The van der Waals surface area contributed by atoms with Crippen molar-refractivity contribution >= 4 is 17.2 Å². The second-order valence-corrected chi connectivity index (χ2v) is 6.35. The highest BCUT2D eigenvalue weighted by Crippen LogP contribution is 2.45. The van der Waals surface area contributed by atoms with Gasteiger partial charge in [0.2, 0.25) is 0 Å². The Bertz CT molecular complexity index is 604. The van der Waals surface area contributed by atoms with Crippen molar-refractivity contribution in [1.82, 2.24) is 0 Å². The van der Waals surface area contributed by atoms with E-state index in [2.05, 4.69) is 26.8 Å². The standard InChI is InChI=1S/C18H25NO3/c1-6-8-14(17(20)21)19-16-13(9-7-10-15(16)22-5)12(2)11-18(19,3)4/h7,9-11,14H,6,8H2,1-5H3,(H,20,21)/t14-/m1/s1. The number of rotatable bonds is 5. The zero-order valence-electron chi connectivity index (χ0n) is 14.0. The average Bonchev–Trinajstić information content (AvgIpc) is 2.44. The van der Waals surface area contributed by atoms with E-state index in [4.69, 9.17) is 4.74 Å². The number of carboxylic acid groups (broad SMARTS) is 1. The van der Waals surface area contributed by atoms with Crippen molar-refractivity contribution < 1.29 is 14.6 Å². The summed E-state index contributed by atoms with van der Waals surface area (Å²) in [5.41, 5.74) is 2.69. The summed E-state index contributed by atoms with van der Waals surface area (Å²) in [5, 5.41) is 9.74. The third-order valence-corrected chi connectivity index (χ3v) is 4.23. The Kier molecular flexibility index (Phi) is 4.50. The molecule has 2 rings (SSSR count). The molecule has 1 atom stereocenters. The van der Waals surface area contributed by atoms with Crippen molar-refractivity contribution in [2.45, 2.75) is 52.1 Å². The van der Waals surface area contributed by atoms with Gasteiger partial charge in [0, 0.05) is 5.56 Å². The van der Waals surface area contributed by atoms with Crippen LogP contribution < -0.4 is 9.64 Å². The Labute approximate surface area is 132 Å². The molecule has 0 amide bonds. The number of methoxy groups -OCH3 is 1. The van der Waals surface area contributed by atoms with Crippen molar-refractivity contribution in [2.75, 3.05) is 12.0 Å². The van der Waals surface area contributed by atoms with E-state index in [9.17, 15) is 9.90 Å². The quantitative estimate of drug-likeness (QED) is 0.895. The summed E-state index contributed by atoms with van der Waals surface area (Å²) in [7, 11) is 1.63. The number of allylic oxidation sites excluding steroid dienone is 1. The molecule has 1 aromatic carbocycles. The summed E-state index contributed by atoms with van der Waals surface area (Å²) in [6.07, 6.45) is 3.56. The lowest BCUT2D eigenvalue weighted by molar-refractivity contribution is -0.139. The first-order valence-electron chi connectivity index (χ1n) is 7.72. The first-order valence-corrected chi connectivity index (χ1v) is 7.72. The molecule has 0 saturated heterocycles. The predicted molar refractivity (Wildman–Crippen MR) is 89.5 cm³/mol.